The maximum Gasteiger partial charge on any atom is 0.221 e. The Labute approximate surface area is 174 Å². The van der Waals surface area contributed by atoms with Gasteiger partial charge in [-0.2, -0.15) is 0 Å². The largest absolute Gasteiger partial charge is 0.394 e. The molecule has 4 atom stereocenters. The topological polar surface area (TPSA) is 160 Å². The third-order valence-corrected chi connectivity index (χ3v) is 5.23. The molecule has 1 aliphatic heterocycles. The van der Waals surface area contributed by atoms with Crippen molar-refractivity contribution in [2.75, 3.05) is 11.9 Å². The maximum absolute atomic E-state index is 11.2. The number of fused-ring (bicyclic) bond motifs is 3. The molecule has 12 nitrogen and oxygen atoms in total. The summed E-state index contributed by atoms with van der Waals surface area (Å²) in [6.07, 6.45) is -1.35. The van der Waals surface area contributed by atoms with Crippen LogP contribution >= 0.6 is 0 Å². The van der Waals surface area contributed by atoms with Crippen LogP contribution in [0.5, 0.6) is 0 Å². The van der Waals surface area contributed by atoms with Gasteiger partial charge in [0.05, 0.1) is 12.9 Å². The Hall–Kier alpha value is -3.45. The number of anilines is 1. The van der Waals surface area contributed by atoms with Crippen LogP contribution in [0, 0.1) is 0 Å². The fourth-order valence-electron chi connectivity index (χ4n) is 3.71. The summed E-state index contributed by atoms with van der Waals surface area (Å²) in [7, 11) is 0. The highest BCUT2D eigenvalue weighted by Gasteiger charge is 2.44. The van der Waals surface area contributed by atoms with Crippen molar-refractivity contribution in [3.05, 3.63) is 36.9 Å². The van der Waals surface area contributed by atoms with Gasteiger partial charge in [0.2, 0.25) is 5.91 Å². The molecule has 160 valence electrons. The molecule has 12 heteroatoms. The molecule has 3 aromatic heterocycles. The van der Waals surface area contributed by atoms with E-state index in [1.165, 1.54) is 24.1 Å². The average molecular weight is 425 g/mol. The minimum Gasteiger partial charge on any atom is -0.394 e. The number of benzene rings is 1. The van der Waals surface area contributed by atoms with E-state index in [-0.39, 0.29) is 5.91 Å². The summed E-state index contributed by atoms with van der Waals surface area (Å²) in [6, 6.07) is 7.15. The van der Waals surface area contributed by atoms with Crippen LogP contribution in [-0.4, -0.2) is 75.3 Å². The number of ether oxygens (including phenoxy) is 1. The predicted molar refractivity (Wildman–Crippen MR) is 107 cm³/mol. The van der Waals surface area contributed by atoms with Crippen molar-refractivity contribution in [1.82, 2.24) is 29.1 Å². The summed E-state index contributed by atoms with van der Waals surface area (Å²) < 4.78 is 8.75. The Morgan fingerprint density at radius 1 is 1.10 bits per heavy atom. The van der Waals surface area contributed by atoms with E-state index in [4.69, 9.17) is 4.74 Å². The number of carbonyl (C=O) groups is 1. The second-order valence-corrected chi connectivity index (χ2v) is 7.27. The van der Waals surface area contributed by atoms with Gasteiger partial charge < -0.3 is 25.4 Å². The SMILES string of the molecule is CC(=O)Nc1ccc(-c2nnc3c4ncn([C@@H]5O[C@H](CO)[C@@H](O)[C@H]5O)c4ncn23)cc1. The molecule has 0 aliphatic carbocycles. The number of aliphatic hydroxyl groups is 3. The van der Waals surface area contributed by atoms with Gasteiger partial charge in [-0.05, 0) is 24.3 Å². The molecule has 0 spiro atoms. The molecule has 1 amide bonds. The molecular formula is C19H19N7O5. The number of carbonyl (C=O) groups excluding carboxylic acids is 1. The maximum atomic E-state index is 11.2. The smallest absolute Gasteiger partial charge is 0.221 e. The Balaban J connectivity index is 1.53. The zero-order valence-electron chi connectivity index (χ0n) is 16.3. The Bertz CT molecular complexity index is 1270. The Kier molecular flexibility index (Phi) is 4.63. The molecule has 0 radical (unpaired) electrons. The van der Waals surface area contributed by atoms with Crippen molar-refractivity contribution in [2.24, 2.45) is 0 Å². The average Bonchev–Trinajstić information content (AvgIpc) is 3.44. The number of imidazole rings is 1. The quantitative estimate of drug-likeness (QED) is 0.344. The van der Waals surface area contributed by atoms with Gasteiger partial charge in [-0.15, -0.1) is 10.2 Å². The zero-order chi connectivity index (χ0) is 21.7. The van der Waals surface area contributed by atoms with Crippen LogP contribution in [0.15, 0.2) is 36.9 Å². The molecule has 0 bridgehead atoms. The Morgan fingerprint density at radius 3 is 2.55 bits per heavy atom. The molecule has 1 aromatic carbocycles. The minimum atomic E-state index is -1.25. The van der Waals surface area contributed by atoms with Gasteiger partial charge in [0.1, 0.15) is 24.6 Å². The first-order valence-corrected chi connectivity index (χ1v) is 9.54. The van der Waals surface area contributed by atoms with Crippen LogP contribution in [0.2, 0.25) is 0 Å². The van der Waals surface area contributed by atoms with Crippen LogP contribution in [0.3, 0.4) is 0 Å². The van der Waals surface area contributed by atoms with Gasteiger partial charge in [-0.3, -0.25) is 13.8 Å². The van der Waals surface area contributed by atoms with E-state index in [1.54, 1.807) is 16.5 Å². The highest BCUT2D eigenvalue weighted by molar-refractivity contribution is 5.89. The molecule has 4 N–H and O–H groups in total. The van der Waals surface area contributed by atoms with Crippen molar-refractivity contribution in [3.8, 4) is 11.4 Å². The van der Waals surface area contributed by atoms with Crippen LogP contribution in [-0.2, 0) is 9.53 Å². The summed E-state index contributed by atoms with van der Waals surface area (Å²) in [5.41, 5.74) is 2.72. The molecule has 4 aromatic rings. The van der Waals surface area contributed by atoms with E-state index in [0.717, 1.165) is 5.56 Å². The molecule has 31 heavy (non-hydrogen) atoms. The second-order valence-electron chi connectivity index (χ2n) is 7.27. The Morgan fingerprint density at radius 2 is 1.87 bits per heavy atom. The number of nitrogens with one attached hydrogen (secondary N) is 1. The standard InChI is InChI=1S/C19H19N7O5/c1-9(28)22-11-4-2-10(3-5-11)16-23-24-18-13-17(21-8-25(16)18)26(7-20-13)19-15(30)14(29)12(6-27)31-19/h2-5,7-8,12,14-15,19,27,29-30H,6H2,1H3,(H,22,28)/t12-,14-,15-,19-/m1/s1. The van der Waals surface area contributed by atoms with Crippen molar-refractivity contribution >= 4 is 28.4 Å². The van der Waals surface area contributed by atoms with E-state index in [1.807, 2.05) is 12.1 Å². The summed E-state index contributed by atoms with van der Waals surface area (Å²) >= 11 is 0. The van der Waals surface area contributed by atoms with Gasteiger partial charge in [0.15, 0.2) is 28.9 Å². The number of hydrogen-bond acceptors (Lipinski definition) is 9. The highest BCUT2D eigenvalue weighted by Crippen LogP contribution is 2.32. The van der Waals surface area contributed by atoms with E-state index < -0.39 is 31.1 Å². The van der Waals surface area contributed by atoms with Crippen molar-refractivity contribution in [1.29, 1.82) is 0 Å². The molecule has 1 saturated heterocycles. The zero-order valence-corrected chi connectivity index (χ0v) is 16.3. The second kappa shape index (κ2) is 7.35. The molecule has 0 unspecified atom stereocenters. The summed E-state index contributed by atoms with van der Waals surface area (Å²) in [4.78, 5) is 20.0. The van der Waals surface area contributed by atoms with Gasteiger partial charge in [0, 0.05) is 18.2 Å². The fourth-order valence-corrected chi connectivity index (χ4v) is 3.71. The normalized spacial score (nSPS) is 23.6. The van der Waals surface area contributed by atoms with E-state index >= 15 is 0 Å². The van der Waals surface area contributed by atoms with Crippen molar-refractivity contribution < 1.29 is 24.9 Å². The third kappa shape index (κ3) is 3.13. The highest BCUT2D eigenvalue weighted by atomic mass is 16.6. The van der Waals surface area contributed by atoms with Crippen LogP contribution in [0.4, 0.5) is 5.69 Å². The van der Waals surface area contributed by atoms with Gasteiger partial charge in [-0.25, -0.2) is 9.97 Å². The first-order chi connectivity index (χ1) is 15.0. The summed E-state index contributed by atoms with van der Waals surface area (Å²) in [5, 5.41) is 40.8. The number of aliphatic hydroxyl groups excluding tert-OH is 3. The number of aromatic nitrogens is 6. The van der Waals surface area contributed by atoms with E-state index in [2.05, 4.69) is 25.5 Å². The van der Waals surface area contributed by atoms with Crippen molar-refractivity contribution in [2.45, 2.75) is 31.5 Å². The van der Waals surface area contributed by atoms with Crippen LogP contribution in [0.25, 0.3) is 28.2 Å². The lowest BCUT2D eigenvalue weighted by Crippen LogP contribution is -2.33. The minimum absolute atomic E-state index is 0.156. The monoisotopic (exact) mass is 425 g/mol. The van der Waals surface area contributed by atoms with Gasteiger partial charge in [-0.1, -0.05) is 0 Å². The van der Waals surface area contributed by atoms with Crippen molar-refractivity contribution in [3.63, 3.8) is 0 Å². The number of hydrogen-bond donors (Lipinski definition) is 4. The first kappa shape index (κ1) is 19.5. The number of rotatable bonds is 4. The third-order valence-electron chi connectivity index (χ3n) is 5.23. The molecule has 1 aliphatic rings. The van der Waals surface area contributed by atoms with Gasteiger partial charge >= 0.3 is 0 Å². The summed E-state index contributed by atoms with van der Waals surface area (Å²) in [6.45, 7) is 1.02. The molecule has 1 fully saturated rings. The summed E-state index contributed by atoms with van der Waals surface area (Å²) in [5.74, 6) is 0.387. The molecular weight excluding hydrogens is 406 g/mol. The lowest BCUT2D eigenvalue weighted by atomic mass is 10.1. The van der Waals surface area contributed by atoms with Crippen LogP contribution < -0.4 is 5.32 Å². The lowest BCUT2D eigenvalue weighted by Gasteiger charge is -2.16. The molecule has 5 rings (SSSR count). The number of amides is 1. The van der Waals surface area contributed by atoms with Crippen LogP contribution in [0.1, 0.15) is 13.2 Å². The van der Waals surface area contributed by atoms with E-state index in [9.17, 15) is 20.1 Å². The fraction of sp³-hybridized carbons (Fsp3) is 0.316. The van der Waals surface area contributed by atoms with E-state index in [0.29, 0.717) is 28.3 Å². The molecule has 0 saturated carbocycles. The number of nitrogens with zero attached hydrogens (tertiary/aromatic N) is 6. The lowest BCUT2D eigenvalue weighted by molar-refractivity contribution is -0.114. The predicted octanol–water partition coefficient (Wildman–Crippen LogP) is -0.289. The molecule has 4 heterocycles. The van der Waals surface area contributed by atoms with Gasteiger partial charge in [0.25, 0.3) is 0 Å². The first-order valence-electron chi connectivity index (χ1n) is 9.54.